The monoisotopic (exact) mass is 420 g/mol. The average molecular weight is 421 g/mol. The molecular formula is C25H44O3Si. The number of Topliss-reactive ketones (excluding diaryl/α,β-unsaturated/α-hetero) is 1. The molecule has 29 heavy (non-hydrogen) atoms. The lowest BCUT2D eigenvalue weighted by Crippen LogP contribution is -2.47. The third-order valence-corrected chi connectivity index (χ3v) is 13.4. The van der Waals surface area contributed by atoms with Crippen LogP contribution >= 0.6 is 0 Å². The van der Waals surface area contributed by atoms with Gasteiger partial charge in [0.05, 0.1) is 18.3 Å². The van der Waals surface area contributed by atoms with Crippen LogP contribution in [0.25, 0.3) is 0 Å². The largest absolute Gasteiger partial charge is 0.408 e. The molecule has 1 unspecified atom stereocenters. The van der Waals surface area contributed by atoms with Crippen LogP contribution < -0.4 is 0 Å². The van der Waals surface area contributed by atoms with E-state index in [9.17, 15) is 4.79 Å². The summed E-state index contributed by atoms with van der Waals surface area (Å²) < 4.78 is 13.1. The molecule has 0 radical (unpaired) electrons. The Labute approximate surface area is 180 Å². The Morgan fingerprint density at radius 2 is 1.93 bits per heavy atom. The Bertz CT molecular complexity index is 649. The second-order valence-electron chi connectivity index (χ2n) is 12.1. The molecule has 0 N–H and O–H groups in total. The molecule has 2 saturated carbocycles. The summed E-state index contributed by atoms with van der Waals surface area (Å²) in [5.41, 5.74) is -0.0132. The van der Waals surface area contributed by atoms with Crippen molar-refractivity contribution < 1.29 is 14.0 Å². The molecule has 0 aliphatic heterocycles. The first-order valence-corrected chi connectivity index (χ1v) is 14.7. The van der Waals surface area contributed by atoms with E-state index in [0.717, 1.165) is 32.3 Å². The third-order valence-electron chi connectivity index (χ3n) is 8.76. The van der Waals surface area contributed by atoms with E-state index < -0.39 is 8.32 Å². The molecule has 0 heterocycles. The van der Waals surface area contributed by atoms with Gasteiger partial charge in [-0.05, 0) is 68.0 Å². The van der Waals surface area contributed by atoms with Gasteiger partial charge in [-0.2, -0.15) is 0 Å². The fourth-order valence-corrected chi connectivity index (χ4v) is 7.69. The molecule has 6 atom stereocenters. The van der Waals surface area contributed by atoms with Crippen molar-refractivity contribution in [1.29, 1.82) is 0 Å². The summed E-state index contributed by atoms with van der Waals surface area (Å²) in [7, 11) is -1.81. The van der Waals surface area contributed by atoms with Crippen LogP contribution in [-0.2, 0) is 14.0 Å². The van der Waals surface area contributed by atoms with Crippen LogP contribution in [0, 0.1) is 23.2 Å². The van der Waals surface area contributed by atoms with Crippen molar-refractivity contribution in [2.75, 3.05) is 6.61 Å². The fourth-order valence-electron chi connectivity index (χ4n) is 6.07. The molecule has 4 heteroatoms. The summed E-state index contributed by atoms with van der Waals surface area (Å²) in [6.45, 7) is 19.2. The summed E-state index contributed by atoms with van der Waals surface area (Å²) >= 11 is 0. The van der Waals surface area contributed by atoms with Crippen molar-refractivity contribution in [2.45, 2.75) is 110 Å². The van der Waals surface area contributed by atoms with Crippen molar-refractivity contribution in [1.82, 2.24) is 0 Å². The first kappa shape index (κ1) is 23.2. The zero-order valence-corrected chi connectivity index (χ0v) is 21.1. The first-order chi connectivity index (χ1) is 13.3. The van der Waals surface area contributed by atoms with Crippen LogP contribution in [0.5, 0.6) is 0 Å². The van der Waals surface area contributed by atoms with Gasteiger partial charge in [0.2, 0.25) is 0 Å². The second kappa shape index (κ2) is 7.91. The van der Waals surface area contributed by atoms with Gasteiger partial charge in [0, 0.05) is 18.8 Å². The molecule has 3 aliphatic carbocycles. The van der Waals surface area contributed by atoms with E-state index >= 15 is 0 Å². The number of ether oxygens (including phenoxy) is 1. The maximum atomic E-state index is 12.4. The topological polar surface area (TPSA) is 35.5 Å². The lowest BCUT2D eigenvalue weighted by Gasteiger charge is -2.43. The fraction of sp³-hybridized carbons (Fsp3) is 0.880. The van der Waals surface area contributed by atoms with Crippen LogP contribution in [0.15, 0.2) is 12.2 Å². The lowest BCUT2D eigenvalue weighted by atomic mass is 9.62. The minimum absolute atomic E-state index is 0.144. The molecule has 166 valence electrons. The van der Waals surface area contributed by atoms with E-state index in [1.54, 1.807) is 0 Å². The Morgan fingerprint density at radius 1 is 1.24 bits per heavy atom. The maximum absolute atomic E-state index is 12.4. The molecule has 2 fully saturated rings. The van der Waals surface area contributed by atoms with Crippen molar-refractivity contribution in [3.63, 3.8) is 0 Å². The van der Waals surface area contributed by atoms with Crippen molar-refractivity contribution >= 4 is 14.1 Å². The molecule has 0 aromatic heterocycles. The number of ketones is 1. The minimum Gasteiger partial charge on any atom is -0.408 e. The van der Waals surface area contributed by atoms with Crippen LogP contribution in [-0.4, -0.2) is 32.4 Å². The highest BCUT2D eigenvalue weighted by molar-refractivity contribution is 6.74. The summed E-state index contributed by atoms with van der Waals surface area (Å²) in [6, 6.07) is 0. The Kier molecular flexibility index (Phi) is 6.33. The third kappa shape index (κ3) is 4.60. The highest BCUT2D eigenvalue weighted by Crippen LogP contribution is 2.56. The van der Waals surface area contributed by atoms with E-state index in [-0.39, 0.29) is 22.2 Å². The van der Waals surface area contributed by atoms with E-state index in [4.69, 9.17) is 9.16 Å². The van der Waals surface area contributed by atoms with Gasteiger partial charge in [0.15, 0.2) is 8.32 Å². The number of hydrogen-bond donors (Lipinski definition) is 0. The van der Waals surface area contributed by atoms with Gasteiger partial charge in [0.1, 0.15) is 5.78 Å². The molecule has 0 spiro atoms. The van der Waals surface area contributed by atoms with Crippen molar-refractivity contribution in [3.8, 4) is 0 Å². The van der Waals surface area contributed by atoms with E-state index in [0.29, 0.717) is 23.5 Å². The number of carbonyl (C=O) groups excluding carboxylic acids is 1. The van der Waals surface area contributed by atoms with Gasteiger partial charge in [-0.1, -0.05) is 46.8 Å². The van der Waals surface area contributed by atoms with Crippen molar-refractivity contribution in [2.24, 2.45) is 23.2 Å². The SMILES string of the molecule is C[C@@H](CO[C@@H]1C=C[C@](C)(O[Si](C)(C)C(C)(C)C)C1)[C@H]1CCC2C(=O)CCC[C@@]21C. The van der Waals surface area contributed by atoms with Gasteiger partial charge >= 0.3 is 0 Å². The summed E-state index contributed by atoms with van der Waals surface area (Å²) in [5, 5.41) is 0.212. The molecular weight excluding hydrogens is 376 g/mol. The van der Waals surface area contributed by atoms with Gasteiger partial charge in [-0.3, -0.25) is 4.79 Å². The highest BCUT2D eigenvalue weighted by atomic mass is 28.4. The van der Waals surface area contributed by atoms with E-state index in [1.165, 1.54) is 12.8 Å². The summed E-state index contributed by atoms with van der Waals surface area (Å²) in [5.74, 6) is 1.93. The molecule has 0 aromatic rings. The Balaban J connectivity index is 1.54. The summed E-state index contributed by atoms with van der Waals surface area (Å²) in [6.07, 6.45) is 10.9. The molecule has 0 bridgehead atoms. The Hall–Kier alpha value is -0.453. The minimum atomic E-state index is -1.81. The number of fused-ring (bicyclic) bond motifs is 1. The van der Waals surface area contributed by atoms with Crippen LogP contribution in [0.2, 0.25) is 18.1 Å². The van der Waals surface area contributed by atoms with Crippen LogP contribution in [0.1, 0.15) is 80.1 Å². The smallest absolute Gasteiger partial charge is 0.193 e. The number of carbonyl (C=O) groups is 1. The first-order valence-electron chi connectivity index (χ1n) is 11.8. The van der Waals surface area contributed by atoms with Gasteiger partial charge in [0.25, 0.3) is 0 Å². The number of rotatable bonds is 6. The zero-order chi connectivity index (χ0) is 21.7. The Morgan fingerprint density at radius 3 is 2.59 bits per heavy atom. The predicted molar refractivity (Wildman–Crippen MR) is 123 cm³/mol. The predicted octanol–water partition coefficient (Wildman–Crippen LogP) is 6.53. The molecule has 0 aromatic carbocycles. The second-order valence-corrected chi connectivity index (χ2v) is 16.9. The molecule has 3 aliphatic rings. The molecule has 0 amide bonds. The van der Waals surface area contributed by atoms with Crippen LogP contribution in [0.4, 0.5) is 0 Å². The maximum Gasteiger partial charge on any atom is 0.193 e. The quantitative estimate of drug-likeness (QED) is 0.362. The highest BCUT2D eigenvalue weighted by Gasteiger charge is 2.52. The van der Waals surface area contributed by atoms with E-state index in [1.807, 2.05) is 0 Å². The summed E-state index contributed by atoms with van der Waals surface area (Å²) in [4.78, 5) is 12.4. The normalized spacial score (nSPS) is 39.0. The molecule has 0 saturated heterocycles. The van der Waals surface area contributed by atoms with Gasteiger partial charge in [-0.25, -0.2) is 0 Å². The van der Waals surface area contributed by atoms with Gasteiger partial charge in [-0.15, -0.1) is 0 Å². The molecule has 3 nitrogen and oxygen atoms in total. The lowest BCUT2D eigenvalue weighted by molar-refractivity contribution is -0.130. The number of hydrogen-bond acceptors (Lipinski definition) is 3. The average Bonchev–Trinajstić information content (AvgIpc) is 3.12. The van der Waals surface area contributed by atoms with Gasteiger partial charge < -0.3 is 9.16 Å². The standard InChI is InChI=1S/C25H44O3Si/c1-18(20-11-12-21-22(26)10-9-14-25(20,21)6)17-27-19-13-15-24(5,16-19)28-29(7,8)23(2,3)4/h13,15,18-21H,9-12,14,16-17H2,1-8H3/t18-,19+,20+,21?,24-,25+/m0/s1. The molecule has 3 rings (SSSR count). The van der Waals surface area contributed by atoms with Crippen molar-refractivity contribution in [3.05, 3.63) is 12.2 Å². The van der Waals surface area contributed by atoms with Crippen LogP contribution in [0.3, 0.4) is 0 Å². The van der Waals surface area contributed by atoms with E-state index in [2.05, 4.69) is 66.8 Å². The zero-order valence-electron chi connectivity index (χ0n) is 20.1.